The Morgan fingerprint density at radius 1 is 0.625 bits per heavy atom. The lowest BCUT2D eigenvalue weighted by molar-refractivity contribution is -0.133. The fourth-order valence-corrected chi connectivity index (χ4v) is 5.71. The van der Waals surface area contributed by atoms with Gasteiger partial charge in [-0.2, -0.15) is 0 Å². The summed E-state index contributed by atoms with van der Waals surface area (Å²) in [4.78, 5) is 28.6. The molecule has 1 saturated heterocycles. The van der Waals surface area contributed by atoms with Crippen molar-refractivity contribution in [2.45, 2.75) is 23.6 Å². The van der Waals surface area contributed by atoms with E-state index >= 15 is 0 Å². The van der Waals surface area contributed by atoms with Crippen LogP contribution in [0.3, 0.4) is 0 Å². The molecule has 3 rings (SSSR count). The zero-order valence-corrected chi connectivity index (χ0v) is 24.3. The highest BCUT2D eigenvalue weighted by Gasteiger charge is 2.21. The smallest absolute Gasteiger partial charge is 0.241 e. The molecular formula is C26H36N4O8S2. The molecule has 40 heavy (non-hydrogen) atoms. The van der Waals surface area contributed by atoms with Crippen molar-refractivity contribution >= 4 is 31.9 Å². The normalized spacial score (nSPS) is 16.1. The van der Waals surface area contributed by atoms with Crippen LogP contribution >= 0.6 is 0 Å². The second-order valence-electron chi connectivity index (χ2n) is 9.26. The van der Waals surface area contributed by atoms with Gasteiger partial charge in [-0.25, -0.2) is 26.3 Å². The molecule has 2 aromatic carbocycles. The number of ether oxygens (including phenoxy) is 2. The maximum absolute atomic E-state index is 12.7. The molecule has 14 heteroatoms. The van der Waals surface area contributed by atoms with E-state index in [1.165, 1.54) is 34.1 Å². The Morgan fingerprint density at radius 3 is 1.23 bits per heavy atom. The molecule has 2 N–H and O–H groups in total. The van der Waals surface area contributed by atoms with Gasteiger partial charge in [-0.05, 0) is 38.1 Å². The molecule has 0 radical (unpaired) electrons. The van der Waals surface area contributed by atoms with Crippen molar-refractivity contribution in [2.24, 2.45) is 0 Å². The van der Waals surface area contributed by atoms with Crippen molar-refractivity contribution in [1.82, 2.24) is 19.2 Å². The molecule has 0 unspecified atom stereocenters. The lowest BCUT2D eigenvalue weighted by Gasteiger charge is -2.26. The van der Waals surface area contributed by atoms with Crippen LogP contribution in [0.1, 0.15) is 11.1 Å². The summed E-state index contributed by atoms with van der Waals surface area (Å²) < 4.78 is 65.9. The summed E-state index contributed by atoms with van der Waals surface area (Å²) in [5, 5.41) is 0. The minimum Gasteiger partial charge on any atom is -0.378 e. The van der Waals surface area contributed by atoms with Crippen LogP contribution in [0.25, 0.3) is 0 Å². The number of benzene rings is 2. The minimum absolute atomic E-state index is 0.0771. The summed E-state index contributed by atoms with van der Waals surface area (Å²) in [6.07, 6.45) is 0. The number of aryl methyl sites for hydroxylation is 2. The van der Waals surface area contributed by atoms with Crippen LogP contribution in [0.5, 0.6) is 0 Å². The van der Waals surface area contributed by atoms with E-state index < -0.39 is 45.0 Å². The molecule has 0 atom stereocenters. The number of carbonyl (C=O) groups excluding carboxylic acids is 2. The number of hydrogen-bond acceptors (Lipinski definition) is 8. The number of hydrogen-bond donors (Lipinski definition) is 2. The van der Waals surface area contributed by atoms with Crippen LogP contribution in [0.4, 0.5) is 0 Å². The minimum atomic E-state index is -3.84. The average molecular weight is 597 g/mol. The van der Waals surface area contributed by atoms with Gasteiger partial charge in [-0.1, -0.05) is 35.4 Å². The topological polar surface area (TPSA) is 151 Å². The molecule has 220 valence electrons. The molecule has 1 fully saturated rings. The van der Waals surface area contributed by atoms with E-state index in [4.69, 9.17) is 9.47 Å². The molecule has 2 aromatic rings. The van der Waals surface area contributed by atoms with Gasteiger partial charge in [0, 0.05) is 26.2 Å². The van der Waals surface area contributed by atoms with Gasteiger partial charge >= 0.3 is 0 Å². The van der Waals surface area contributed by atoms with Gasteiger partial charge < -0.3 is 19.3 Å². The Labute approximate surface area is 235 Å². The number of nitrogens with one attached hydrogen (secondary N) is 2. The van der Waals surface area contributed by atoms with E-state index in [1.807, 2.05) is 13.8 Å². The predicted octanol–water partition coefficient (Wildman–Crippen LogP) is 0.264. The van der Waals surface area contributed by atoms with Crippen LogP contribution in [0, 0.1) is 13.8 Å². The summed E-state index contributed by atoms with van der Waals surface area (Å²) in [6, 6.07) is 12.6. The summed E-state index contributed by atoms with van der Waals surface area (Å²) >= 11 is 0. The van der Waals surface area contributed by atoms with Crippen molar-refractivity contribution in [3.05, 3.63) is 59.7 Å². The molecule has 0 aromatic heterocycles. The first-order valence-corrected chi connectivity index (χ1v) is 15.8. The van der Waals surface area contributed by atoms with Crippen LogP contribution < -0.4 is 9.44 Å². The third kappa shape index (κ3) is 9.64. The number of carbonyl (C=O) groups is 2. The van der Waals surface area contributed by atoms with Crippen molar-refractivity contribution in [2.75, 3.05) is 65.7 Å². The Bertz CT molecular complexity index is 1230. The third-order valence-corrected chi connectivity index (χ3v) is 9.05. The highest BCUT2D eigenvalue weighted by molar-refractivity contribution is 7.89. The van der Waals surface area contributed by atoms with E-state index in [0.717, 1.165) is 11.1 Å². The fraction of sp³-hybridized carbons (Fsp3) is 0.462. The quantitative estimate of drug-likeness (QED) is 0.441. The fourth-order valence-electron chi connectivity index (χ4n) is 3.76. The monoisotopic (exact) mass is 596 g/mol. The summed E-state index contributed by atoms with van der Waals surface area (Å²) in [5.41, 5.74) is 1.84. The standard InChI is InChI=1S/C26H36N4O8S2/c1-21-3-7-23(8-4-21)39(33,34)27-19-25(31)29-11-15-37-17-13-30(14-18-38-16-12-29)26(32)20-28-40(35,36)24-9-5-22(2)6-10-24/h3-10,27-28H,11-20H2,1-2H3. The van der Waals surface area contributed by atoms with E-state index in [-0.39, 0.29) is 62.4 Å². The maximum Gasteiger partial charge on any atom is 0.241 e. The van der Waals surface area contributed by atoms with Gasteiger partial charge in [0.2, 0.25) is 31.9 Å². The van der Waals surface area contributed by atoms with E-state index in [2.05, 4.69) is 9.44 Å². The molecule has 1 aliphatic heterocycles. The predicted molar refractivity (Wildman–Crippen MR) is 148 cm³/mol. The van der Waals surface area contributed by atoms with Gasteiger partial charge in [0.25, 0.3) is 0 Å². The van der Waals surface area contributed by atoms with Gasteiger partial charge in [0.1, 0.15) is 0 Å². The molecular weight excluding hydrogens is 560 g/mol. The van der Waals surface area contributed by atoms with Gasteiger partial charge in [-0.3, -0.25) is 9.59 Å². The van der Waals surface area contributed by atoms with E-state index in [9.17, 15) is 26.4 Å². The van der Waals surface area contributed by atoms with Gasteiger partial charge in [0.15, 0.2) is 0 Å². The number of rotatable bonds is 8. The SMILES string of the molecule is Cc1ccc(S(=O)(=O)NCC(=O)N2CCOCCN(C(=O)CNS(=O)(=O)c3ccc(C)cc3)CCOCC2)cc1. The molecule has 12 nitrogen and oxygen atoms in total. The summed E-state index contributed by atoms with van der Waals surface area (Å²) in [7, 11) is -7.67. The van der Waals surface area contributed by atoms with E-state index in [1.54, 1.807) is 24.3 Å². The molecule has 1 heterocycles. The Kier molecular flexibility index (Phi) is 11.6. The first-order valence-electron chi connectivity index (χ1n) is 12.8. The zero-order chi connectivity index (χ0) is 29.2. The molecule has 0 bridgehead atoms. The van der Waals surface area contributed by atoms with Gasteiger partial charge in [-0.15, -0.1) is 0 Å². The Balaban J connectivity index is 1.47. The molecule has 0 saturated carbocycles. The lowest BCUT2D eigenvalue weighted by Crippen LogP contribution is -2.45. The number of amides is 2. The van der Waals surface area contributed by atoms with Crippen molar-refractivity contribution in [1.29, 1.82) is 0 Å². The Morgan fingerprint density at radius 2 is 0.925 bits per heavy atom. The highest BCUT2D eigenvalue weighted by Crippen LogP contribution is 2.11. The number of nitrogens with zero attached hydrogens (tertiary/aromatic N) is 2. The van der Waals surface area contributed by atoms with Crippen molar-refractivity contribution < 1.29 is 35.9 Å². The first kappa shape index (κ1) is 31.6. The van der Waals surface area contributed by atoms with Crippen LogP contribution in [0.15, 0.2) is 58.3 Å². The zero-order valence-electron chi connectivity index (χ0n) is 22.7. The van der Waals surface area contributed by atoms with Crippen molar-refractivity contribution in [3.8, 4) is 0 Å². The van der Waals surface area contributed by atoms with E-state index in [0.29, 0.717) is 0 Å². The second kappa shape index (κ2) is 14.7. The van der Waals surface area contributed by atoms with Gasteiger partial charge in [0.05, 0.1) is 49.3 Å². The first-order chi connectivity index (χ1) is 19.0. The number of sulfonamides is 2. The molecule has 0 spiro atoms. The molecule has 1 aliphatic rings. The summed E-state index contributed by atoms with van der Waals surface area (Å²) in [6.45, 7) is 4.37. The maximum atomic E-state index is 12.7. The average Bonchev–Trinajstić information content (AvgIpc) is 2.91. The lowest BCUT2D eigenvalue weighted by atomic mass is 10.2. The van der Waals surface area contributed by atoms with Crippen molar-refractivity contribution in [3.63, 3.8) is 0 Å². The highest BCUT2D eigenvalue weighted by atomic mass is 32.2. The largest absolute Gasteiger partial charge is 0.378 e. The Hall–Kier alpha value is -2.88. The third-order valence-electron chi connectivity index (χ3n) is 6.22. The molecule has 0 aliphatic carbocycles. The second-order valence-corrected chi connectivity index (χ2v) is 12.8. The molecule has 2 amide bonds. The van der Waals surface area contributed by atoms with Crippen LogP contribution in [-0.2, 0) is 39.1 Å². The summed E-state index contributed by atoms with van der Waals surface area (Å²) in [5.74, 6) is -0.838. The van der Waals surface area contributed by atoms with Crippen LogP contribution in [0.2, 0.25) is 0 Å². The van der Waals surface area contributed by atoms with Crippen LogP contribution in [-0.4, -0.2) is 104 Å².